The van der Waals surface area contributed by atoms with Crippen LogP contribution >= 0.6 is 11.3 Å². The Morgan fingerprint density at radius 2 is 2.30 bits per heavy atom. The van der Waals surface area contributed by atoms with Crippen LogP contribution in [0.5, 0.6) is 0 Å². The maximum atomic E-state index is 11.9. The molecule has 3 atom stereocenters. The molecule has 112 valence electrons. The molecule has 0 aliphatic heterocycles. The van der Waals surface area contributed by atoms with Gasteiger partial charge in [-0.05, 0) is 41.1 Å². The van der Waals surface area contributed by atoms with E-state index in [4.69, 9.17) is 0 Å². The quantitative estimate of drug-likeness (QED) is 0.782. The summed E-state index contributed by atoms with van der Waals surface area (Å²) in [7, 11) is 0. The SMILES string of the molecule is C[C@H](CNC(=O)N[C@H]1CCCC[C@H]1CO)c1ccsc1. The number of urea groups is 1. The van der Waals surface area contributed by atoms with E-state index in [9.17, 15) is 9.90 Å². The topological polar surface area (TPSA) is 61.4 Å². The highest BCUT2D eigenvalue weighted by molar-refractivity contribution is 7.07. The zero-order chi connectivity index (χ0) is 14.4. The third-order valence-electron chi connectivity index (χ3n) is 4.14. The van der Waals surface area contributed by atoms with Crippen LogP contribution in [0.3, 0.4) is 0 Å². The summed E-state index contributed by atoms with van der Waals surface area (Å²) in [6, 6.07) is 2.10. The Balaban J connectivity index is 1.74. The standard InChI is InChI=1S/C15H24N2O2S/c1-11(13-6-7-20-10-13)8-16-15(19)17-14-5-3-2-4-12(14)9-18/h6-7,10-12,14,18H,2-5,8-9H2,1H3,(H2,16,17,19)/t11-,12+,14+/m1/s1. The lowest BCUT2D eigenvalue weighted by Gasteiger charge is -2.31. The van der Waals surface area contributed by atoms with Gasteiger partial charge < -0.3 is 15.7 Å². The molecule has 3 N–H and O–H groups in total. The second kappa shape index (κ2) is 7.64. The maximum absolute atomic E-state index is 11.9. The summed E-state index contributed by atoms with van der Waals surface area (Å²) in [6.45, 7) is 2.91. The van der Waals surface area contributed by atoms with E-state index in [1.54, 1.807) is 11.3 Å². The minimum atomic E-state index is -0.113. The van der Waals surface area contributed by atoms with E-state index >= 15 is 0 Å². The van der Waals surface area contributed by atoms with Crippen molar-refractivity contribution in [3.05, 3.63) is 22.4 Å². The molecule has 1 saturated carbocycles. The number of aliphatic hydroxyl groups excluding tert-OH is 1. The van der Waals surface area contributed by atoms with Crippen LogP contribution in [0.2, 0.25) is 0 Å². The van der Waals surface area contributed by atoms with Gasteiger partial charge in [0.1, 0.15) is 0 Å². The predicted octanol–water partition coefficient (Wildman–Crippen LogP) is 2.70. The van der Waals surface area contributed by atoms with Crippen LogP contribution in [-0.4, -0.2) is 30.3 Å². The highest BCUT2D eigenvalue weighted by Gasteiger charge is 2.25. The van der Waals surface area contributed by atoms with Crippen molar-refractivity contribution in [2.45, 2.75) is 44.6 Å². The van der Waals surface area contributed by atoms with Crippen molar-refractivity contribution in [2.24, 2.45) is 5.92 Å². The van der Waals surface area contributed by atoms with E-state index in [2.05, 4.69) is 34.4 Å². The molecule has 0 radical (unpaired) electrons. The molecule has 2 rings (SSSR count). The summed E-state index contributed by atoms with van der Waals surface area (Å²) in [6.07, 6.45) is 4.26. The number of carbonyl (C=O) groups is 1. The molecule has 20 heavy (non-hydrogen) atoms. The van der Waals surface area contributed by atoms with Crippen LogP contribution in [-0.2, 0) is 0 Å². The third kappa shape index (κ3) is 4.21. The second-order valence-corrected chi connectivity index (χ2v) is 6.43. The third-order valence-corrected chi connectivity index (χ3v) is 4.84. The smallest absolute Gasteiger partial charge is 0.315 e. The molecule has 1 heterocycles. The first-order chi connectivity index (χ1) is 9.70. The minimum absolute atomic E-state index is 0.113. The molecule has 0 unspecified atom stereocenters. The van der Waals surface area contributed by atoms with Crippen molar-refractivity contribution in [1.82, 2.24) is 10.6 Å². The van der Waals surface area contributed by atoms with Gasteiger partial charge in [0, 0.05) is 25.1 Å². The van der Waals surface area contributed by atoms with Crippen LogP contribution in [0.1, 0.15) is 44.1 Å². The van der Waals surface area contributed by atoms with E-state index < -0.39 is 0 Å². The molecule has 0 spiro atoms. The molecule has 0 aromatic carbocycles. The molecule has 1 aromatic heterocycles. The fraction of sp³-hybridized carbons (Fsp3) is 0.667. The average Bonchev–Trinajstić information content (AvgIpc) is 2.99. The van der Waals surface area contributed by atoms with Gasteiger partial charge in [0.05, 0.1) is 0 Å². The van der Waals surface area contributed by atoms with Gasteiger partial charge >= 0.3 is 6.03 Å². The largest absolute Gasteiger partial charge is 0.396 e. The normalized spacial score (nSPS) is 24.1. The Kier molecular flexibility index (Phi) is 5.86. The average molecular weight is 296 g/mol. The molecule has 1 aromatic rings. The number of hydrogen-bond donors (Lipinski definition) is 3. The number of aliphatic hydroxyl groups is 1. The van der Waals surface area contributed by atoms with Crippen molar-refractivity contribution < 1.29 is 9.90 Å². The first kappa shape index (κ1) is 15.3. The van der Waals surface area contributed by atoms with Gasteiger partial charge in [-0.3, -0.25) is 0 Å². The van der Waals surface area contributed by atoms with E-state index in [1.165, 1.54) is 5.56 Å². The Hall–Kier alpha value is -1.07. The van der Waals surface area contributed by atoms with Gasteiger partial charge in [-0.1, -0.05) is 19.8 Å². The van der Waals surface area contributed by atoms with E-state index in [1.807, 2.05) is 0 Å². The van der Waals surface area contributed by atoms with Crippen LogP contribution < -0.4 is 10.6 Å². The van der Waals surface area contributed by atoms with Crippen molar-refractivity contribution in [3.8, 4) is 0 Å². The predicted molar refractivity (Wildman–Crippen MR) is 82.1 cm³/mol. The van der Waals surface area contributed by atoms with Gasteiger partial charge in [0.25, 0.3) is 0 Å². The number of amides is 2. The van der Waals surface area contributed by atoms with Gasteiger partial charge in [-0.25, -0.2) is 4.79 Å². The molecular formula is C15H24N2O2S. The Morgan fingerprint density at radius 3 is 3.00 bits per heavy atom. The minimum Gasteiger partial charge on any atom is -0.396 e. The molecule has 0 saturated heterocycles. The number of rotatable bonds is 5. The van der Waals surface area contributed by atoms with E-state index in [0.29, 0.717) is 12.5 Å². The van der Waals surface area contributed by atoms with E-state index in [0.717, 1.165) is 25.7 Å². The number of nitrogens with one attached hydrogen (secondary N) is 2. The summed E-state index contributed by atoms with van der Waals surface area (Å²) in [5, 5.41) is 19.5. The monoisotopic (exact) mass is 296 g/mol. The lowest BCUT2D eigenvalue weighted by Crippen LogP contribution is -2.48. The highest BCUT2D eigenvalue weighted by atomic mass is 32.1. The molecular weight excluding hydrogens is 272 g/mol. The van der Waals surface area contributed by atoms with Crippen molar-refractivity contribution in [1.29, 1.82) is 0 Å². The first-order valence-electron chi connectivity index (χ1n) is 7.38. The zero-order valence-corrected chi connectivity index (χ0v) is 12.8. The second-order valence-electron chi connectivity index (χ2n) is 5.65. The number of carbonyl (C=O) groups excluding carboxylic acids is 1. The summed E-state index contributed by atoms with van der Waals surface area (Å²) < 4.78 is 0. The summed E-state index contributed by atoms with van der Waals surface area (Å²) in [4.78, 5) is 11.9. The van der Waals surface area contributed by atoms with Gasteiger partial charge in [-0.2, -0.15) is 11.3 Å². The van der Waals surface area contributed by atoms with Gasteiger partial charge in [0.15, 0.2) is 0 Å². The Bertz CT molecular complexity index is 408. The lowest BCUT2D eigenvalue weighted by atomic mass is 9.85. The Labute approximate surface area is 124 Å². The summed E-state index contributed by atoms with van der Waals surface area (Å²) in [5.74, 6) is 0.538. The first-order valence-corrected chi connectivity index (χ1v) is 8.32. The zero-order valence-electron chi connectivity index (χ0n) is 12.0. The van der Waals surface area contributed by atoms with Crippen LogP contribution in [0, 0.1) is 5.92 Å². The molecule has 5 heteroatoms. The molecule has 1 aliphatic carbocycles. The van der Waals surface area contributed by atoms with Gasteiger partial charge in [0.2, 0.25) is 0 Å². The molecule has 2 amide bonds. The number of thiophene rings is 1. The molecule has 0 bridgehead atoms. The van der Waals surface area contributed by atoms with Crippen molar-refractivity contribution in [3.63, 3.8) is 0 Å². The Morgan fingerprint density at radius 1 is 1.50 bits per heavy atom. The van der Waals surface area contributed by atoms with Crippen LogP contribution in [0.15, 0.2) is 16.8 Å². The fourth-order valence-electron chi connectivity index (χ4n) is 2.75. The van der Waals surface area contributed by atoms with Crippen molar-refractivity contribution in [2.75, 3.05) is 13.2 Å². The summed E-state index contributed by atoms with van der Waals surface area (Å²) in [5.41, 5.74) is 1.27. The molecule has 4 nitrogen and oxygen atoms in total. The summed E-state index contributed by atoms with van der Waals surface area (Å²) >= 11 is 1.68. The van der Waals surface area contributed by atoms with Crippen LogP contribution in [0.25, 0.3) is 0 Å². The lowest BCUT2D eigenvalue weighted by molar-refractivity contribution is 0.153. The molecule has 1 aliphatic rings. The molecule has 1 fully saturated rings. The maximum Gasteiger partial charge on any atom is 0.315 e. The highest BCUT2D eigenvalue weighted by Crippen LogP contribution is 2.24. The van der Waals surface area contributed by atoms with Crippen LogP contribution in [0.4, 0.5) is 4.79 Å². The van der Waals surface area contributed by atoms with E-state index in [-0.39, 0.29) is 24.6 Å². The fourth-order valence-corrected chi connectivity index (χ4v) is 3.54. The van der Waals surface area contributed by atoms with Crippen molar-refractivity contribution >= 4 is 17.4 Å². The van der Waals surface area contributed by atoms with Gasteiger partial charge in [-0.15, -0.1) is 0 Å². The number of hydrogen-bond acceptors (Lipinski definition) is 3.